The molecule has 6 heteroatoms. The summed E-state index contributed by atoms with van der Waals surface area (Å²) in [5.74, 6) is -0.343. The molecular formula is C13H9F3O3. The largest absolute Gasteiger partial charge is 0.463 e. The lowest BCUT2D eigenvalue weighted by molar-refractivity contribution is -0.137. The van der Waals surface area contributed by atoms with Crippen LogP contribution < -0.4 is 0 Å². The molecule has 3 nitrogen and oxygen atoms in total. The summed E-state index contributed by atoms with van der Waals surface area (Å²) < 4.78 is 46.8. The first kappa shape index (κ1) is 13.2. The van der Waals surface area contributed by atoms with Crippen LogP contribution in [-0.2, 0) is 10.9 Å². The van der Waals surface area contributed by atoms with E-state index in [0.717, 1.165) is 12.1 Å². The average Bonchev–Trinajstić information content (AvgIpc) is 2.86. The highest BCUT2D eigenvalue weighted by atomic mass is 19.4. The number of esters is 1. The third kappa shape index (κ3) is 2.78. The van der Waals surface area contributed by atoms with E-state index in [0.29, 0.717) is 11.3 Å². The molecule has 0 fully saturated rings. The van der Waals surface area contributed by atoms with Gasteiger partial charge in [0, 0.05) is 5.56 Å². The maximum absolute atomic E-state index is 12.4. The minimum absolute atomic E-state index is 0.00241. The lowest BCUT2D eigenvalue weighted by Crippen LogP contribution is -2.03. The van der Waals surface area contributed by atoms with Crippen molar-refractivity contribution in [1.82, 2.24) is 0 Å². The second-order valence-corrected chi connectivity index (χ2v) is 3.73. The standard InChI is InChI=1S/C13H9F3O3/c1-18-12(17)11-7-6-10(19-11)8-2-4-9(5-3-8)13(14,15)16/h2-7H,1H3. The highest BCUT2D eigenvalue weighted by Crippen LogP contribution is 2.31. The summed E-state index contributed by atoms with van der Waals surface area (Å²) in [6.07, 6.45) is -4.38. The highest BCUT2D eigenvalue weighted by Gasteiger charge is 2.30. The van der Waals surface area contributed by atoms with Gasteiger partial charge in [-0.05, 0) is 24.3 Å². The van der Waals surface area contributed by atoms with Crippen molar-refractivity contribution < 1.29 is 27.1 Å². The van der Waals surface area contributed by atoms with Gasteiger partial charge in [-0.3, -0.25) is 0 Å². The molecule has 0 atom stereocenters. The molecule has 0 spiro atoms. The monoisotopic (exact) mass is 270 g/mol. The van der Waals surface area contributed by atoms with Crippen molar-refractivity contribution in [3.8, 4) is 11.3 Å². The first-order valence-electron chi connectivity index (χ1n) is 5.27. The topological polar surface area (TPSA) is 39.4 Å². The molecule has 0 amide bonds. The van der Waals surface area contributed by atoms with Crippen LogP contribution >= 0.6 is 0 Å². The molecule has 0 saturated carbocycles. The number of methoxy groups -OCH3 is 1. The summed E-state index contributed by atoms with van der Waals surface area (Å²) in [5, 5.41) is 0. The van der Waals surface area contributed by atoms with Crippen molar-refractivity contribution >= 4 is 5.97 Å². The molecule has 0 aliphatic rings. The minimum Gasteiger partial charge on any atom is -0.463 e. The summed E-state index contributed by atoms with van der Waals surface area (Å²) in [6, 6.07) is 7.37. The molecular weight excluding hydrogens is 261 g/mol. The van der Waals surface area contributed by atoms with E-state index in [4.69, 9.17) is 4.42 Å². The number of ether oxygens (including phenoxy) is 1. The summed E-state index contributed by atoms with van der Waals surface area (Å²) in [4.78, 5) is 11.2. The van der Waals surface area contributed by atoms with Crippen molar-refractivity contribution in [2.75, 3.05) is 7.11 Å². The molecule has 0 unspecified atom stereocenters. The Balaban J connectivity index is 2.28. The fourth-order valence-corrected chi connectivity index (χ4v) is 1.53. The Kier molecular flexibility index (Phi) is 3.33. The van der Waals surface area contributed by atoms with E-state index in [9.17, 15) is 18.0 Å². The maximum Gasteiger partial charge on any atom is 0.416 e. The zero-order chi connectivity index (χ0) is 14.0. The van der Waals surface area contributed by atoms with Crippen molar-refractivity contribution in [1.29, 1.82) is 0 Å². The van der Waals surface area contributed by atoms with Crippen LogP contribution in [0.25, 0.3) is 11.3 Å². The molecule has 0 radical (unpaired) electrons. The van der Waals surface area contributed by atoms with Crippen LogP contribution in [0, 0.1) is 0 Å². The van der Waals surface area contributed by atoms with Gasteiger partial charge in [0.1, 0.15) is 5.76 Å². The number of hydrogen-bond acceptors (Lipinski definition) is 3. The smallest absolute Gasteiger partial charge is 0.416 e. The first-order valence-corrected chi connectivity index (χ1v) is 5.27. The molecule has 19 heavy (non-hydrogen) atoms. The number of benzene rings is 1. The Bertz CT molecular complexity index is 582. The Labute approximate surface area is 106 Å². The molecule has 1 aromatic heterocycles. The van der Waals surface area contributed by atoms with Gasteiger partial charge in [0.2, 0.25) is 5.76 Å². The van der Waals surface area contributed by atoms with Gasteiger partial charge >= 0.3 is 12.1 Å². The van der Waals surface area contributed by atoms with Gasteiger partial charge in [-0.15, -0.1) is 0 Å². The van der Waals surface area contributed by atoms with Crippen molar-refractivity contribution in [3.63, 3.8) is 0 Å². The number of carbonyl (C=O) groups excluding carboxylic acids is 1. The number of furan rings is 1. The molecule has 2 rings (SSSR count). The van der Waals surface area contributed by atoms with Gasteiger partial charge in [-0.1, -0.05) is 12.1 Å². The molecule has 1 heterocycles. The van der Waals surface area contributed by atoms with E-state index >= 15 is 0 Å². The van der Waals surface area contributed by atoms with Gasteiger partial charge in [-0.25, -0.2) is 4.79 Å². The molecule has 1 aromatic carbocycles. The van der Waals surface area contributed by atoms with E-state index in [2.05, 4.69) is 4.74 Å². The lowest BCUT2D eigenvalue weighted by Gasteiger charge is -2.06. The SMILES string of the molecule is COC(=O)c1ccc(-c2ccc(C(F)(F)F)cc2)o1. The first-order chi connectivity index (χ1) is 8.91. The summed E-state index contributed by atoms with van der Waals surface area (Å²) in [7, 11) is 1.21. The molecule has 0 saturated heterocycles. The lowest BCUT2D eigenvalue weighted by atomic mass is 10.1. The van der Waals surface area contributed by atoms with E-state index in [1.165, 1.54) is 31.4 Å². The van der Waals surface area contributed by atoms with Crippen molar-refractivity contribution in [2.24, 2.45) is 0 Å². The third-order valence-corrected chi connectivity index (χ3v) is 2.49. The second kappa shape index (κ2) is 4.79. The maximum atomic E-state index is 12.4. The highest BCUT2D eigenvalue weighted by molar-refractivity contribution is 5.87. The molecule has 0 aliphatic heterocycles. The van der Waals surface area contributed by atoms with Crippen LogP contribution in [0.4, 0.5) is 13.2 Å². The summed E-state index contributed by atoms with van der Waals surface area (Å²) in [6.45, 7) is 0. The van der Waals surface area contributed by atoms with E-state index in [-0.39, 0.29) is 5.76 Å². The van der Waals surface area contributed by atoms with Crippen molar-refractivity contribution in [2.45, 2.75) is 6.18 Å². The molecule has 0 N–H and O–H groups in total. The van der Waals surface area contributed by atoms with Crippen LogP contribution in [0.2, 0.25) is 0 Å². The molecule has 2 aromatic rings. The minimum atomic E-state index is -4.38. The fraction of sp³-hybridized carbons (Fsp3) is 0.154. The predicted molar refractivity (Wildman–Crippen MR) is 60.5 cm³/mol. The van der Waals surface area contributed by atoms with Gasteiger partial charge < -0.3 is 9.15 Å². The average molecular weight is 270 g/mol. The third-order valence-electron chi connectivity index (χ3n) is 2.49. The quantitative estimate of drug-likeness (QED) is 0.780. The molecule has 0 aliphatic carbocycles. The zero-order valence-corrected chi connectivity index (χ0v) is 9.82. The number of rotatable bonds is 2. The normalized spacial score (nSPS) is 11.4. The Morgan fingerprint density at radius 1 is 1.11 bits per heavy atom. The van der Waals surface area contributed by atoms with Gasteiger partial charge in [0.05, 0.1) is 12.7 Å². The van der Waals surface area contributed by atoms with Crippen LogP contribution in [-0.4, -0.2) is 13.1 Å². The molecule has 0 bridgehead atoms. The predicted octanol–water partition coefficient (Wildman–Crippen LogP) is 3.75. The Morgan fingerprint density at radius 2 is 1.74 bits per heavy atom. The number of halogens is 3. The van der Waals surface area contributed by atoms with Crippen LogP contribution in [0.3, 0.4) is 0 Å². The number of alkyl halides is 3. The van der Waals surface area contributed by atoms with E-state index in [1.807, 2.05) is 0 Å². The Morgan fingerprint density at radius 3 is 2.26 bits per heavy atom. The van der Waals surface area contributed by atoms with Crippen molar-refractivity contribution in [3.05, 3.63) is 47.7 Å². The Hall–Kier alpha value is -2.24. The van der Waals surface area contributed by atoms with Gasteiger partial charge in [-0.2, -0.15) is 13.2 Å². The van der Waals surface area contributed by atoms with Crippen LogP contribution in [0.1, 0.15) is 16.1 Å². The molecule has 100 valence electrons. The second-order valence-electron chi connectivity index (χ2n) is 3.73. The van der Waals surface area contributed by atoms with E-state index < -0.39 is 17.7 Å². The number of hydrogen-bond donors (Lipinski definition) is 0. The van der Waals surface area contributed by atoms with Crippen LogP contribution in [0.15, 0.2) is 40.8 Å². The van der Waals surface area contributed by atoms with E-state index in [1.54, 1.807) is 0 Å². The zero-order valence-electron chi connectivity index (χ0n) is 9.82. The van der Waals surface area contributed by atoms with Crippen LogP contribution in [0.5, 0.6) is 0 Å². The number of carbonyl (C=O) groups is 1. The van der Waals surface area contributed by atoms with Gasteiger partial charge in [0.25, 0.3) is 0 Å². The summed E-state index contributed by atoms with van der Waals surface area (Å²) in [5.41, 5.74) is -0.292. The fourth-order valence-electron chi connectivity index (χ4n) is 1.53. The van der Waals surface area contributed by atoms with Gasteiger partial charge in [0.15, 0.2) is 0 Å². The summed E-state index contributed by atoms with van der Waals surface area (Å²) >= 11 is 0.